The molecule has 4 rings (SSSR count). The van der Waals surface area contributed by atoms with E-state index >= 15 is 0 Å². The first-order valence-corrected chi connectivity index (χ1v) is 7.79. The third kappa shape index (κ3) is 2.59. The van der Waals surface area contributed by atoms with Crippen molar-refractivity contribution in [3.8, 4) is 0 Å². The summed E-state index contributed by atoms with van der Waals surface area (Å²) in [5.74, 6) is 3.21. The lowest BCUT2D eigenvalue weighted by molar-refractivity contribution is 0.0973. The van der Waals surface area contributed by atoms with Crippen molar-refractivity contribution in [2.24, 2.45) is 5.92 Å². The minimum atomic E-state index is 0.514. The first kappa shape index (κ1) is 13.6. The predicted octanol–water partition coefficient (Wildman–Crippen LogP) is 1.83. The molecule has 1 atom stereocenters. The Morgan fingerprint density at radius 1 is 1.30 bits per heavy atom. The van der Waals surface area contributed by atoms with Crippen LogP contribution in [-0.2, 0) is 6.42 Å². The average molecular weight is 275 g/mol. The second kappa shape index (κ2) is 5.56. The van der Waals surface area contributed by atoms with Gasteiger partial charge in [-0.15, -0.1) is 0 Å². The van der Waals surface area contributed by atoms with Gasteiger partial charge < -0.3 is 16.0 Å². The van der Waals surface area contributed by atoms with E-state index in [2.05, 4.69) is 27.1 Å². The molecule has 3 aliphatic heterocycles. The van der Waals surface area contributed by atoms with Gasteiger partial charge in [-0.25, -0.2) is 9.97 Å². The summed E-state index contributed by atoms with van der Waals surface area (Å²) in [5, 5.41) is 3.65. The Bertz CT molecular complexity index is 479. The molecule has 4 heterocycles. The Labute approximate surface area is 121 Å². The molecule has 1 aromatic heterocycles. The van der Waals surface area contributed by atoms with Crippen molar-refractivity contribution in [2.45, 2.75) is 45.6 Å². The van der Waals surface area contributed by atoms with Crippen LogP contribution in [0.3, 0.4) is 0 Å². The number of rotatable bonds is 4. The predicted molar refractivity (Wildman–Crippen MR) is 81.8 cm³/mol. The summed E-state index contributed by atoms with van der Waals surface area (Å²) in [7, 11) is 0. The summed E-state index contributed by atoms with van der Waals surface area (Å²) in [6.45, 7) is 7.80. The van der Waals surface area contributed by atoms with Gasteiger partial charge in [-0.05, 0) is 45.2 Å². The monoisotopic (exact) mass is 275 g/mol. The standard InChI is InChI=1S/C15H25N5/c1-3-4-13-18-14(16)10(2)15(19-13)17-12-9-20-7-5-11(12)6-8-20/h11-12H,3-9H2,1-2H3,(H3,16,17,18,19). The molecule has 2 bridgehead atoms. The fourth-order valence-corrected chi connectivity index (χ4v) is 3.36. The maximum Gasteiger partial charge on any atom is 0.135 e. The van der Waals surface area contributed by atoms with Gasteiger partial charge in [0.15, 0.2) is 0 Å². The maximum absolute atomic E-state index is 6.03. The van der Waals surface area contributed by atoms with Crippen LogP contribution in [0.2, 0.25) is 0 Å². The lowest BCUT2D eigenvalue weighted by Gasteiger charge is -2.45. The summed E-state index contributed by atoms with van der Waals surface area (Å²) < 4.78 is 0. The van der Waals surface area contributed by atoms with Gasteiger partial charge in [0.2, 0.25) is 0 Å². The molecule has 3 N–H and O–H groups in total. The zero-order valence-corrected chi connectivity index (χ0v) is 12.5. The van der Waals surface area contributed by atoms with Gasteiger partial charge in [0, 0.05) is 24.6 Å². The number of nitrogens with two attached hydrogens (primary N) is 1. The number of nitrogen functional groups attached to an aromatic ring is 1. The Kier molecular flexibility index (Phi) is 3.78. The molecule has 3 saturated heterocycles. The van der Waals surface area contributed by atoms with Gasteiger partial charge in [0.25, 0.3) is 0 Å². The van der Waals surface area contributed by atoms with E-state index < -0.39 is 0 Å². The molecule has 0 aromatic carbocycles. The number of fused-ring (bicyclic) bond motifs is 3. The third-order valence-corrected chi connectivity index (χ3v) is 4.68. The molecule has 3 aliphatic rings. The van der Waals surface area contributed by atoms with Gasteiger partial charge in [0.05, 0.1) is 0 Å². The minimum absolute atomic E-state index is 0.514. The second-order valence-electron chi connectivity index (χ2n) is 6.14. The van der Waals surface area contributed by atoms with E-state index in [1.807, 2.05) is 6.92 Å². The largest absolute Gasteiger partial charge is 0.383 e. The fourth-order valence-electron chi connectivity index (χ4n) is 3.36. The Balaban J connectivity index is 1.79. The van der Waals surface area contributed by atoms with Gasteiger partial charge in [0.1, 0.15) is 17.5 Å². The highest BCUT2D eigenvalue weighted by atomic mass is 15.2. The molecule has 0 spiro atoms. The number of aromatic nitrogens is 2. The van der Waals surface area contributed by atoms with E-state index in [-0.39, 0.29) is 0 Å². The maximum atomic E-state index is 6.03. The van der Waals surface area contributed by atoms with Crippen molar-refractivity contribution < 1.29 is 0 Å². The number of nitrogens with one attached hydrogen (secondary N) is 1. The van der Waals surface area contributed by atoms with Gasteiger partial charge in [-0.3, -0.25) is 0 Å². The zero-order valence-electron chi connectivity index (χ0n) is 12.5. The summed E-state index contributed by atoms with van der Waals surface area (Å²) in [5.41, 5.74) is 7.02. The van der Waals surface area contributed by atoms with Crippen LogP contribution in [0.1, 0.15) is 37.6 Å². The Morgan fingerprint density at radius 2 is 2.05 bits per heavy atom. The Hall–Kier alpha value is -1.36. The SMILES string of the molecule is CCCc1nc(N)c(C)c(NC2CN3CCC2CC3)n1. The van der Waals surface area contributed by atoms with E-state index in [1.165, 1.54) is 25.9 Å². The van der Waals surface area contributed by atoms with Crippen LogP contribution >= 0.6 is 0 Å². The average Bonchev–Trinajstić information content (AvgIpc) is 2.46. The molecule has 5 nitrogen and oxygen atoms in total. The van der Waals surface area contributed by atoms with Crippen molar-refractivity contribution in [3.63, 3.8) is 0 Å². The van der Waals surface area contributed by atoms with E-state index in [0.717, 1.165) is 42.5 Å². The lowest BCUT2D eigenvalue weighted by Crippen LogP contribution is -2.53. The summed E-state index contributed by atoms with van der Waals surface area (Å²) in [6, 6.07) is 0.514. The van der Waals surface area contributed by atoms with Crippen LogP contribution in [0.25, 0.3) is 0 Å². The minimum Gasteiger partial charge on any atom is -0.383 e. The number of piperidine rings is 3. The van der Waals surface area contributed by atoms with E-state index in [4.69, 9.17) is 5.73 Å². The number of nitrogens with zero attached hydrogens (tertiary/aromatic N) is 3. The topological polar surface area (TPSA) is 67.1 Å². The number of anilines is 2. The van der Waals surface area contributed by atoms with Crippen molar-refractivity contribution in [1.82, 2.24) is 14.9 Å². The Morgan fingerprint density at radius 3 is 2.65 bits per heavy atom. The van der Waals surface area contributed by atoms with Crippen LogP contribution in [0.15, 0.2) is 0 Å². The third-order valence-electron chi connectivity index (χ3n) is 4.68. The fraction of sp³-hybridized carbons (Fsp3) is 0.733. The van der Waals surface area contributed by atoms with Crippen LogP contribution in [0, 0.1) is 12.8 Å². The number of hydrogen-bond acceptors (Lipinski definition) is 5. The summed E-state index contributed by atoms with van der Waals surface area (Å²) >= 11 is 0. The molecular formula is C15H25N5. The molecule has 110 valence electrons. The van der Waals surface area contributed by atoms with Gasteiger partial charge in [-0.1, -0.05) is 6.92 Å². The van der Waals surface area contributed by atoms with Gasteiger partial charge in [-0.2, -0.15) is 0 Å². The van der Waals surface area contributed by atoms with Crippen molar-refractivity contribution in [3.05, 3.63) is 11.4 Å². The highest BCUT2D eigenvalue weighted by Gasteiger charge is 2.34. The first-order chi connectivity index (χ1) is 9.67. The molecule has 1 aromatic rings. The quantitative estimate of drug-likeness (QED) is 0.877. The van der Waals surface area contributed by atoms with Crippen LogP contribution in [-0.4, -0.2) is 40.5 Å². The number of aryl methyl sites for hydroxylation is 1. The normalized spacial score (nSPS) is 28.6. The van der Waals surface area contributed by atoms with E-state index in [0.29, 0.717) is 11.9 Å². The summed E-state index contributed by atoms with van der Waals surface area (Å²) in [6.07, 6.45) is 4.54. The highest BCUT2D eigenvalue weighted by Crippen LogP contribution is 2.30. The lowest BCUT2D eigenvalue weighted by atomic mass is 9.84. The molecular weight excluding hydrogens is 250 g/mol. The molecule has 5 heteroatoms. The first-order valence-electron chi connectivity index (χ1n) is 7.79. The molecule has 0 saturated carbocycles. The van der Waals surface area contributed by atoms with Crippen molar-refractivity contribution in [1.29, 1.82) is 0 Å². The molecule has 20 heavy (non-hydrogen) atoms. The van der Waals surface area contributed by atoms with Gasteiger partial charge >= 0.3 is 0 Å². The molecule has 0 amide bonds. The zero-order chi connectivity index (χ0) is 14.1. The molecule has 0 radical (unpaired) electrons. The van der Waals surface area contributed by atoms with Crippen molar-refractivity contribution >= 4 is 11.6 Å². The van der Waals surface area contributed by atoms with Crippen LogP contribution in [0.5, 0.6) is 0 Å². The molecule has 0 aliphatic carbocycles. The van der Waals surface area contributed by atoms with E-state index in [9.17, 15) is 0 Å². The van der Waals surface area contributed by atoms with E-state index in [1.54, 1.807) is 0 Å². The smallest absolute Gasteiger partial charge is 0.135 e. The van der Waals surface area contributed by atoms with Crippen LogP contribution < -0.4 is 11.1 Å². The van der Waals surface area contributed by atoms with Crippen LogP contribution in [0.4, 0.5) is 11.6 Å². The number of hydrogen-bond donors (Lipinski definition) is 2. The summed E-state index contributed by atoms with van der Waals surface area (Å²) in [4.78, 5) is 11.6. The highest BCUT2D eigenvalue weighted by molar-refractivity contribution is 5.55. The second-order valence-corrected chi connectivity index (χ2v) is 6.14. The molecule has 1 unspecified atom stereocenters. The molecule has 3 fully saturated rings. The van der Waals surface area contributed by atoms with Crippen molar-refractivity contribution in [2.75, 3.05) is 30.7 Å².